The van der Waals surface area contributed by atoms with Gasteiger partial charge in [0.1, 0.15) is 11.9 Å². The number of amides is 1. The second-order valence-electron chi connectivity index (χ2n) is 6.90. The number of ether oxygens (including phenoxy) is 1. The molecule has 1 atom stereocenters. The van der Waals surface area contributed by atoms with E-state index in [1.807, 2.05) is 26.0 Å². The van der Waals surface area contributed by atoms with Crippen LogP contribution >= 0.6 is 0 Å². The van der Waals surface area contributed by atoms with Crippen LogP contribution in [0.25, 0.3) is 0 Å². The predicted octanol–water partition coefficient (Wildman–Crippen LogP) is 2.00. The molecular weight excluding hydrogens is 330 g/mol. The Morgan fingerprint density at radius 2 is 2.08 bits per heavy atom. The first-order valence-electron chi connectivity index (χ1n) is 9.40. The van der Waals surface area contributed by atoms with Crippen molar-refractivity contribution < 1.29 is 9.53 Å². The Bertz CT molecular complexity index is 679. The Morgan fingerprint density at radius 3 is 2.77 bits per heavy atom. The summed E-state index contributed by atoms with van der Waals surface area (Å²) in [6, 6.07) is 6.45. The maximum atomic E-state index is 11.9. The first kappa shape index (κ1) is 18.5. The van der Waals surface area contributed by atoms with Crippen LogP contribution in [0.1, 0.15) is 31.0 Å². The lowest BCUT2D eigenvalue weighted by molar-refractivity contribution is 0.0629. The summed E-state index contributed by atoms with van der Waals surface area (Å²) in [4.78, 5) is 23.0. The fourth-order valence-electron chi connectivity index (χ4n) is 3.80. The summed E-state index contributed by atoms with van der Waals surface area (Å²) in [6.07, 6.45) is 2.02. The van der Waals surface area contributed by atoms with Crippen LogP contribution in [0.15, 0.2) is 12.1 Å². The number of rotatable bonds is 3. The number of carbonyl (C=O) groups excluding carboxylic acids is 1. The lowest BCUT2D eigenvalue weighted by Crippen LogP contribution is -2.56. The molecule has 0 bridgehead atoms. The first-order valence-corrected chi connectivity index (χ1v) is 9.40. The number of aromatic nitrogens is 1. The fourth-order valence-corrected chi connectivity index (χ4v) is 3.80. The number of piperazine rings is 1. The highest BCUT2D eigenvalue weighted by Crippen LogP contribution is 2.25. The largest absolute Gasteiger partial charge is 0.450 e. The molecule has 3 heterocycles. The van der Waals surface area contributed by atoms with Gasteiger partial charge in [0.15, 0.2) is 0 Å². The second kappa shape index (κ2) is 8.37. The number of pyridine rings is 1. The van der Waals surface area contributed by atoms with Crippen LogP contribution in [0.2, 0.25) is 0 Å². The average molecular weight is 357 g/mol. The molecule has 0 aromatic carbocycles. The molecule has 1 amide bonds. The molecule has 2 aliphatic rings. The van der Waals surface area contributed by atoms with Gasteiger partial charge in [0.25, 0.3) is 0 Å². The number of aryl methyl sites for hydroxylation is 1. The van der Waals surface area contributed by atoms with Gasteiger partial charge in [0.2, 0.25) is 0 Å². The van der Waals surface area contributed by atoms with Crippen molar-refractivity contribution in [3.8, 4) is 6.07 Å². The van der Waals surface area contributed by atoms with E-state index in [-0.39, 0.29) is 6.09 Å². The fraction of sp³-hybridized carbons (Fsp3) is 0.632. The van der Waals surface area contributed by atoms with Gasteiger partial charge in [-0.25, -0.2) is 9.78 Å². The van der Waals surface area contributed by atoms with Crippen LogP contribution < -0.4 is 4.90 Å². The van der Waals surface area contributed by atoms with E-state index in [9.17, 15) is 10.1 Å². The van der Waals surface area contributed by atoms with Gasteiger partial charge in [0.05, 0.1) is 12.2 Å². The Hall–Kier alpha value is -2.33. The minimum absolute atomic E-state index is 0.208. The summed E-state index contributed by atoms with van der Waals surface area (Å²) in [5.41, 5.74) is 1.58. The molecule has 0 N–H and O–H groups in total. The molecule has 1 aromatic heterocycles. The van der Waals surface area contributed by atoms with Gasteiger partial charge in [-0.3, -0.25) is 4.90 Å². The van der Waals surface area contributed by atoms with Gasteiger partial charge in [-0.05, 0) is 38.8 Å². The van der Waals surface area contributed by atoms with Crippen LogP contribution in [-0.4, -0.2) is 72.8 Å². The molecule has 2 saturated heterocycles. The van der Waals surface area contributed by atoms with E-state index in [0.717, 1.165) is 50.5 Å². The van der Waals surface area contributed by atoms with Crippen molar-refractivity contribution in [2.45, 2.75) is 32.7 Å². The van der Waals surface area contributed by atoms with E-state index in [2.05, 4.69) is 20.9 Å². The molecule has 0 aliphatic carbocycles. The van der Waals surface area contributed by atoms with Gasteiger partial charge in [-0.15, -0.1) is 0 Å². The highest BCUT2D eigenvalue weighted by molar-refractivity contribution is 5.67. The topological polar surface area (TPSA) is 72.7 Å². The van der Waals surface area contributed by atoms with Gasteiger partial charge >= 0.3 is 6.09 Å². The number of carbonyl (C=O) groups is 1. The molecule has 140 valence electrons. The lowest BCUT2D eigenvalue weighted by Gasteiger charge is -2.43. The van der Waals surface area contributed by atoms with E-state index < -0.39 is 0 Å². The smallest absolute Gasteiger partial charge is 0.409 e. The molecule has 1 aromatic rings. The molecule has 0 unspecified atom stereocenters. The normalized spacial score (nSPS) is 21.3. The Balaban J connectivity index is 1.62. The van der Waals surface area contributed by atoms with Crippen LogP contribution in [0.5, 0.6) is 0 Å². The predicted molar refractivity (Wildman–Crippen MR) is 99.1 cm³/mol. The highest BCUT2D eigenvalue weighted by Gasteiger charge is 2.30. The Kier molecular flexibility index (Phi) is 5.94. The van der Waals surface area contributed by atoms with Crippen molar-refractivity contribution in [2.24, 2.45) is 0 Å². The molecular formula is C19H27N5O2. The third-order valence-corrected chi connectivity index (χ3v) is 5.19. The van der Waals surface area contributed by atoms with E-state index in [4.69, 9.17) is 4.74 Å². The quantitative estimate of drug-likeness (QED) is 0.824. The van der Waals surface area contributed by atoms with Gasteiger partial charge < -0.3 is 14.5 Å². The molecule has 3 rings (SSSR count). The number of anilines is 1. The molecule has 2 aliphatic heterocycles. The lowest BCUT2D eigenvalue weighted by atomic mass is 10.0. The highest BCUT2D eigenvalue weighted by atomic mass is 16.6. The maximum Gasteiger partial charge on any atom is 0.409 e. The van der Waals surface area contributed by atoms with Crippen molar-refractivity contribution >= 4 is 11.9 Å². The summed E-state index contributed by atoms with van der Waals surface area (Å²) >= 11 is 0. The monoisotopic (exact) mass is 357 g/mol. The van der Waals surface area contributed by atoms with Crippen molar-refractivity contribution in [3.63, 3.8) is 0 Å². The van der Waals surface area contributed by atoms with Crippen molar-refractivity contribution in [3.05, 3.63) is 23.4 Å². The summed E-state index contributed by atoms with van der Waals surface area (Å²) in [7, 11) is 0. The van der Waals surface area contributed by atoms with Crippen molar-refractivity contribution in [2.75, 3.05) is 50.8 Å². The summed E-state index contributed by atoms with van der Waals surface area (Å²) < 4.78 is 5.10. The molecule has 7 heteroatoms. The molecule has 0 spiro atoms. The SMILES string of the molecule is CCOC(=O)N1CCN([C@@H]2CCCN(c3nc(C)ccc3C#N)C2)CC1. The number of hydrogen-bond donors (Lipinski definition) is 0. The summed E-state index contributed by atoms with van der Waals surface area (Å²) in [6.45, 7) is 9.17. The second-order valence-corrected chi connectivity index (χ2v) is 6.90. The van der Waals surface area contributed by atoms with Crippen molar-refractivity contribution in [1.82, 2.24) is 14.8 Å². The molecule has 0 saturated carbocycles. The maximum absolute atomic E-state index is 11.9. The van der Waals surface area contributed by atoms with Gasteiger partial charge in [0, 0.05) is 51.0 Å². The van der Waals surface area contributed by atoms with E-state index in [0.29, 0.717) is 31.3 Å². The molecule has 26 heavy (non-hydrogen) atoms. The summed E-state index contributed by atoms with van der Waals surface area (Å²) in [5, 5.41) is 9.40. The zero-order chi connectivity index (χ0) is 18.5. The van der Waals surface area contributed by atoms with Crippen LogP contribution in [0.3, 0.4) is 0 Å². The number of hydrogen-bond acceptors (Lipinski definition) is 6. The van der Waals surface area contributed by atoms with Gasteiger partial charge in [-0.2, -0.15) is 5.26 Å². The summed E-state index contributed by atoms with van der Waals surface area (Å²) in [5.74, 6) is 0.808. The van der Waals surface area contributed by atoms with Crippen LogP contribution in [0.4, 0.5) is 10.6 Å². The third kappa shape index (κ3) is 4.07. The van der Waals surface area contributed by atoms with Crippen LogP contribution in [-0.2, 0) is 4.74 Å². The Morgan fingerprint density at radius 1 is 1.31 bits per heavy atom. The Labute approximate surface area is 155 Å². The number of piperidine rings is 1. The molecule has 0 radical (unpaired) electrons. The first-order chi connectivity index (χ1) is 12.6. The van der Waals surface area contributed by atoms with E-state index >= 15 is 0 Å². The zero-order valence-corrected chi connectivity index (χ0v) is 15.6. The molecule has 7 nitrogen and oxygen atoms in total. The number of nitriles is 1. The van der Waals surface area contributed by atoms with E-state index in [1.54, 1.807) is 4.90 Å². The standard InChI is InChI=1S/C19H27N5O2/c1-3-26-19(25)23-11-9-22(10-12-23)17-5-4-8-24(14-17)18-16(13-20)7-6-15(2)21-18/h6-7,17H,3-5,8-12,14H2,1-2H3/t17-/m1/s1. The van der Waals surface area contributed by atoms with Gasteiger partial charge in [-0.1, -0.05) is 0 Å². The zero-order valence-electron chi connectivity index (χ0n) is 15.6. The molecule has 2 fully saturated rings. The third-order valence-electron chi connectivity index (χ3n) is 5.19. The number of nitrogens with zero attached hydrogens (tertiary/aromatic N) is 5. The minimum atomic E-state index is -0.208. The minimum Gasteiger partial charge on any atom is -0.450 e. The van der Waals surface area contributed by atoms with Crippen LogP contribution in [0, 0.1) is 18.3 Å². The van der Waals surface area contributed by atoms with Crippen molar-refractivity contribution in [1.29, 1.82) is 5.26 Å². The van der Waals surface area contributed by atoms with E-state index in [1.165, 1.54) is 0 Å². The average Bonchev–Trinajstić information content (AvgIpc) is 2.68.